The van der Waals surface area contributed by atoms with Crippen molar-refractivity contribution in [3.63, 3.8) is 0 Å². The number of unbranched alkanes of at least 4 members (excludes halogenated alkanes) is 6. The van der Waals surface area contributed by atoms with Gasteiger partial charge in [0.2, 0.25) is 0 Å². The predicted molar refractivity (Wildman–Crippen MR) is 76.7 cm³/mol. The summed E-state index contributed by atoms with van der Waals surface area (Å²) in [5.74, 6) is -0.162. The van der Waals surface area contributed by atoms with E-state index in [1.807, 2.05) is 20.8 Å². The zero-order chi connectivity index (χ0) is 13.9. The van der Waals surface area contributed by atoms with Crippen molar-refractivity contribution in [1.29, 1.82) is 0 Å². The number of nitrogens with one attached hydrogen (secondary N) is 1. The van der Waals surface area contributed by atoms with Gasteiger partial charge in [0.15, 0.2) is 0 Å². The molecule has 0 radical (unpaired) electrons. The number of carbonyl (C=O) groups excluding carboxylic acids is 1. The number of rotatable bonds is 10. The first-order valence-electron chi connectivity index (χ1n) is 7.38. The standard InChI is InChI=1S/C15H31NO2/c1-5-6-7-8-9-10-11-12-16-13-14(17)18-15(2,3)4/h16H,5-13H2,1-4H3. The number of carbonyl (C=O) groups is 1. The van der Waals surface area contributed by atoms with Gasteiger partial charge in [-0.1, -0.05) is 45.4 Å². The summed E-state index contributed by atoms with van der Waals surface area (Å²) in [6, 6.07) is 0. The summed E-state index contributed by atoms with van der Waals surface area (Å²) in [5, 5.41) is 3.14. The fourth-order valence-electron chi connectivity index (χ4n) is 1.78. The van der Waals surface area contributed by atoms with E-state index < -0.39 is 0 Å². The van der Waals surface area contributed by atoms with E-state index in [-0.39, 0.29) is 11.6 Å². The molecule has 0 aromatic heterocycles. The summed E-state index contributed by atoms with van der Waals surface area (Å²) in [5.41, 5.74) is -0.377. The van der Waals surface area contributed by atoms with Gasteiger partial charge < -0.3 is 10.1 Å². The van der Waals surface area contributed by atoms with Crippen LogP contribution in [-0.2, 0) is 9.53 Å². The Hall–Kier alpha value is -0.570. The van der Waals surface area contributed by atoms with Gasteiger partial charge in [0, 0.05) is 0 Å². The summed E-state index contributed by atoms with van der Waals surface area (Å²) in [6.45, 7) is 9.14. The van der Waals surface area contributed by atoms with Gasteiger partial charge in [-0.05, 0) is 33.7 Å². The van der Waals surface area contributed by atoms with Crippen molar-refractivity contribution >= 4 is 5.97 Å². The van der Waals surface area contributed by atoms with Gasteiger partial charge in [0.25, 0.3) is 0 Å². The van der Waals surface area contributed by atoms with Crippen molar-refractivity contribution in [2.45, 2.75) is 78.2 Å². The Labute approximate surface area is 113 Å². The minimum atomic E-state index is -0.377. The van der Waals surface area contributed by atoms with Gasteiger partial charge in [0.05, 0.1) is 6.54 Å². The molecule has 3 heteroatoms. The smallest absolute Gasteiger partial charge is 0.320 e. The van der Waals surface area contributed by atoms with E-state index in [1.54, 1.807) is 0 Å². The van der Waals surface area contributed by atoms with Crippen LogP contribution in [0.4, 0.5) is 0 Å². The van der Waals surface area contributed by atoms with Crippen LogP contribution < -0.4 is 5.32 Å². The Balaban J connectivity index is 3.23. The van der Waals surface area contributed by atoms with E-state index in [1.165, 1.54) is 38.5 Å². The molecular formula is C15H31NO2. The predicted octanol–water partition coefficient (Wildman–Crippen LogP) is 3.67. The fourth-order valence-corrected chi connectivity index (χ4v) is 1.78. The summed E-state index contributed by atoms with van der Waals surface area (Å²) in [7, 11) is 0. The molecule has 0 fully saturated rings. The highest BCUT2D eigenvalue weighted by Crippen LogP contribution is 2.07. The monoisotopic (exact) mass is 257 g/mol. The second kappa shape index (κ2) is 10.4. The van der Waals surface area contributed by atoms with Crippen LogP contribution in [0, 0.1) is 0 Å². The molecule has 0 unspecified atom stereocenters. The first-order chi connectivity index (χ1) is 8.45. The highest BCUT2D eigenvalue weighted by atomic mass is 16.6. The van der Waals surface area contributed by atoms with Crippen LogP contribution in [0.1, 0.15) is 72.6 Å². The number of ether oxygens (including phenoxy) is 1. The Morgan fingerprint density at radius 2 is 1.56 bits per heavy atom. The van der Waals surface area contributed by atoms with Gasteiger partial charge in [-0.25, -0.2) is 0 Å². The number of hydrogen-bond acceptors (Lipinski definition) is 3. The molecule has 0 aromatic carbocycles. The maximum atomic E-state index is 11.4. The molecule has 0 amide bonds. The number of esters is 1. The Kier molecular flexibility index (Phi) is 10.0. The molecule has 0 saturated heterocycles. The van der Waals surface area contributed by atoms with Crippen molar-refractivity contribution < 1.29 is 9.53 Å². The molecule has 0 spiro atoms. The molecule has 0 aliphatic heterocycles. The Morgan fingerprint density at radius 1 is 1.00 bits per heavy atom. The number of hydrogen-bond donors (Lipinski definition) is 1. The van der Waals surface area contributed by atoms with Gasteiger partial charge >= 0.3 is 5.97 Å². The molecule has 0 aliphatic rings. The molecule has 0 atom stereocenters. The van der Waals surface area contributed by atoms with E-state index in [0.717, 1.165) is 13.0 Å². The van der Waals surface area contributed by atoms with E-state index in [4.69, 9.17) is 4.74 Å². The van der Waals surface area contributed by atoms with Crippen LogP contribution in [0.2, 0.25) is 0 Å². The van der Waals surface area contributed by atoms with Crippen molar-refractivity contribution in [3.8, 4) is 0 Å². The zero-order valence-electron chi connectivity index (χ0n) is 12.7. The lowest BCUT2D eigenvalue weighted by Crippen LogP contribution is -2.31. The molecule has 108 valence electrons. The fraction of sp³-hybridized carbons (Fsp3) is 0.933. The van der Waals surface area contributed by atoms with Gasteiger partial charge in [-0.15, -0.1) is 0 Å². The first-order valence-corrected chi connectivity index (χ1v) is 7.38. The second-order valence-corrected chi connectivity index (χ2v) is 5.88. The lowest BCUT2D eigenvalue weighted by atomic mass is 10.1. The van der Waals surface area contributed by atoms with E-state index in [0.29, 0.717) is 6.54 Å². The third-order valence-electron chi connectivity index (χ3n) is 2.65. The highest BCUT2D eigenvalue weighted by molar-refractivity contribution is 5.72. The van der Waals surface area contributed by atoms with Crippen molar-refractivity contribution in [2.24, 2.45) is 0 Å². The summed E-state index contributed by atoms with van der Waals surface area (Å²) >= 11 is 0. The van der Waals surface area contributed by atoms with Crippen molar-refractivity contribution in [2.75, 3.05) is 13.1 Å². The maximum Gasteiger partial charge on any atom is 0.320 e. The molecule has 0 bridgehead atoms. The molecule has 0 aromatic rings. The molecule has 18 heavy (non-hydrogen) atoms. The van der Waals surface area contributed by atoms with Crippen molar-refractivity contribution in [1.82, 2.24) is 5.32 Å². The summed E-state index contributed by atoms with van der Waals surface area (Å²) in [4.78, 5) is 11.4. The third kappa shape index (κ3) is 13.5. The van der Waals surface area contributed by atoms with Crippen LogP contribution in [-0.4, -0.2) is 24.7 Å². The van der Waals surface area contributed by atoms with Gasteiger partial charge in [0.1, 0.15) is 5.60 Å². The van der Waals surface area contributed by atoms with Crippen LogP contribution in [0.3, 0.4) is 0 Å². The summed E-state index contributed by atoms with van der Waals surface area (Å²) < 4.78 is 5.21. The quantitative estimate of drug-likeness (QED) is 0.479. The minimum Gasteiger partial charge on any atom is -0.459 e. The SMILES string of the molecule is CCCCCCCCCNCC(=O)OC(C)(C)C. The molecular weight excluding hydrogens is 226 g/mol. The van der Waals surface area contributed by atoms with E-state index >= 15 is 0 Å². The van der Waals surface area contributed by atoms with Crippen molar-refractivity contribution in [3.05, 3.63) is 0 Å². The lowest BCUT2D eigenvalue weighted by Gasteiger charge is -2.19. The largest absolute Gasteiger partial charge is 0.459 e. The maximum absolute atomic E-state index is 11.4. The highest BCUT2D eigenvalue weighted by Gasteiger charge is 2.15. The zero-order valence-corrected chi connectivity index (χ0v) is 12.7. The normalized spacial score (nSPS) is 11.6. The minimum absolute atomic E-state index is 0.162. The van der Waals surface area contributed by atoms with Crippen LogP contribution in [0.15, 0.2) is 0 Å². The van der Waals surface area contributed by atoms with Crippen LogP contribution in [0.25, 0.3) is 0 Å². The second-order valence-electron chi connectivity index (χ2n) is 5.88. The average molecular weight is 257 g/mol. The van der Waals surface area contributed by atoms with E-state index in [2.05, 4.69) is 12.2 Å². The van der Waals surface area contributed by atoms with Gasteiger partial charge in [-0.2, -0.15) is 0 Å². The Morgan fingerprint density at radius 3 is 2.11 bits per heavy atom. The molecule has 0 rings (SSSR count). The summed E-state index contributed by atoms with van der Waals surface area (Å²) in [6.07, 6.45) is 9.09. The lowest BCUT2D eigenvalue weighted by molar-refractivity contribution is -0.153. The molecule has 0 heterocycles. The van der Waals surface area contributed by atoms with E-state index in [9.17, 15) is 4.79 Å². The first kappa shape index (κ1) is 17.4. The third-order valence-corrected chi connectivity index (χ3v) is 2.65. The topological polar surface area (TPSA) is 38.3 Å². The molecule has 3 nitrogen and oxygen atoms in total. The molecule has 1 N–H and O–H groups in total. The van der Waals surface area contributed by atoms with Crippen LogP contribution >= 0.6 is 0 Å². The van der Waals surface area contributed by atoms with Gasteiger partial charge in [-0.3, -0.25) is 4.79 Å². The Bertz CT molecular complexity index is 209. The molecule has 0 aliphatic carbocycles. The molecule has 0 saturated carbocycles. The average Bonchev–Trinajstić information content (AvgIpc) is 2.24. The van der Waals surface area contributed by atoms with Crippen LogP contribution in [0.5, 0.6) is 0 Å².